The van der Waals surface area contributed by atoms with Crippen molar-refractivity contribution in [1.82, 2.24) is 9.80 Å². The van der Waals surface area contributed by atoms with Gasteiger partial charge in [0.15, 0.2) is 0 Å². The van der Waals surface area contributed by atoms with Gasteiger partial charge in [0.1, 0.15) is 0 Å². The van der Waals surface area contributed by atoms with Gasteiger partial charge in [-0.25, -0.2) is 0 Å². The Morgan fingerprint density at radius 1 is 1.29 bits per heavy atom. The van der Waals surface area contributed by atoms with E-state index in [-0.39, 0.29) is 23.4 Å². The first kappa shape index (κ1) is 14.5. The van der Waals surface area contributed by atoms with Crippen LogP contribution in [0.4, 0.5) is 0 Å². The molecule has 1 amide bonds. The molecule has 0 unspecified atom stereocenters. The van der Waals surface area contributed by atoms with Crippen LogP contribution >= 0.6 is 0 Å². The first-order valence-corrected chi connectivity index (χ1v) is 6.48. The molecule has 1 rings (SSSR count). The van der Waals surface area contributed by atoms with Crippen molar-refractivity contribution in [2.75, 3.05) is 27.7 Å². The third-order valence-electron chi connectivity index (χ3n) is 4.14. The molecule has 1 atom stereocenters. The third-order valence-corrected chi connectivity index (χ3v) is 4.14. The van der Waals surface area contributed by atoms with Crippen LogP contribution < -0.4 is 5.73 Å². The van der Waals surface area contributed by atoms with Gasteiger partial charge >= 0.3 is 0 Å². The molecule has 1 fully saturated rings. The quantitative estimate of drug-likeness (QED) is 0.778. The standard InChI is InChI=1S/C13H27N3O/c1-10(2)11(14)12(17)16(5)9-13(15(3)4)7-6-8-13/h10-11H,6-9,14H2,1-5H3/t11-/m1/s1. The van der Waals surface area contributed by atoms with Gasteiger partial charge in [0.2, 0.25) is 5.91 Å². The van der Waals surface area contributed by atoms with Gasteiger partial charge in [-0.1, -0.05) is 13.8 Å². The van der Waals surface area contributed by atoms with Crippen molar-refractivity contribution in [3.05, 3.63) is 0 Å². The van der Waals surface area contributed by atoms with E-state index in [0.717, 1.165) is 6.54 Å². The third kappa shape index (κ3) is 2.99. The van der Waals surface area contributed by atoms with Crippen LogP contribution in [0.1, 0.15) is 33.1 Å². The summed E-state index contributed by atoms with van der Waals surface area (Å²) in [5, 5.41) is 0. The molecule has 0 aliphatic heterocycles. The van der Waals surface area contributed by atoms with Gasteiger partial charge in [0.25, 0.3) is 0 Å². The monoisotopic (exact) mass is 241 g/mol. The SMILES string of the molecule is CC(C)[C@@H](N)C(=O)N(C)CC1(N(C)C)CCC1. The van der Waals surface area contributed by atoms with E-state index in [2.05, 4.69) is 19.0 Å². The summed E-state index contributed by atoms with van der Waals surface area (Å²) in [5.74, 6) is 0.259. The molecule has 0 bridgehead atoms. The molecule has 17 heavy (non-hydrogen) atoms. The van der Waals surface area contributed by atoms with Crippen molar-refractivity contribution in [1.29, 1.82) is 0 Å². The van der Waals surface area contributed by atoms with Crippen LogP contribution in [0, 0.1) is 5.92 Å². The number of hydrogen-bond acceptors (Lipinski definition) is 3. The van der Waals surface area contributed by atoms with E-state index in [9.17, 15) is 4.79 Å². The fourth-order valence-corrected chi connectivity index (χ4v) is 2.39. The summed E-state index contributed by atoms with van der Waals surface area (Å²) < 4.78 is 0. The molecule has 0 radical (unpaired) electrons. The largest absolute Gasteiger partial charge is 0.343 e. The normalized spacial score (nSPS) is 20.2. The highest BCUT2D eigenvalue weighted by molar-refractivity contribution is 5.81. The number of likely N-dealkylation sites (N-methyl/N-ethyl adjacent to an activating group) is 2. The van der Waals surface area contributed by atoms with E-state index in [1.54, 1.807) is 0 Å². The average molecular weight is 241 g/mol. The van der Waals surface area contributed by atoms with Crippen LogP contribution in [-0.4, -0.2) is 55.0 Å². The lowest BCUT2D eigenvalue weighted by Gasteiger charge is -2.49. The minimum atomic E-state index is -0.376. The maximum atomic E-state index is 12.1. The van der Waals surface area contributed by atoms with E-state index in [0.29, 0.717) is 0 Å². The minimum absolute atomic E-state index is 0.0631. The molecule has 4 heteroatoms. The van der Waals surface area contributed by atoms with Gasteiger partial charge in [0, 0.05) is 19.1 Å². The van der Waals surface area contributed by atoms with Crippen molar-refractivity contribution in [3.63, 3.8) is 0 Å². The van der Waals surface area contributed by atoms with E-state index in [1.807, 2.05) is 25.8 Å². The zero-order valence-electron chi connectivity index (χ0n) is 11.9. The second-order valence-electron chi connectivity index (χ2n) is 5.94. The van der Waals surface area contributed by atoms with Crippen molar-refractivity contribution in [3.8, 4) is 0 Å². The predicted molar refractivity (Wildman–Crippen MR) is 70.7 cm³/mol. The number of nitrogens with two attached hydrogens (primary N) is 1. The Hall–Kier alpha value is -0.610. The van der Waals surface area contributed by atoms with Gasteiger partial charge in [0.05, 0.1) is 6.04 Å². The number of rotatable bonds is 5. The zero-order chi connectivity index (χ0) is 13.2. The molecule has 0 aromatic heterocycles. The summed E-state index contributed by atoms with van der Waals surface area (Å²) in [4.78, 5) is 16.2. The highest BCUT2D eigenvalue weighted by Crippen LogP contribution is 2.36. The first-order valence-electron chi connectivity index (χ1n) is 6.48. The summed E-state index contributed by atoms with van der Waals surface area (Å²) in [5.41, 5.74) is 6.09. The van der Waals surface area contributed by atoms with E-state index < -0.39 is 0 Å². The van der Waals surface area contributed by atoms with E-state index >= 15 is 0 Å². The summed E-state index contributed by atoms with van der Waals surface area (Å²) in [6, 6.07) is -0.376. The molecule has 2 N–H and O–H groups in total. The van der Waals surface area contributed by atoms with Crippen LogP contribution in [-0.2, 0) is 4.79 Å². The van der Waals surface area contributed by atoms with E-state index in [4.69, 9.17) is 5.73 Å². The zero-order valence-corrected chi connectivity index (χ0v) is 11.9. The fraction of sp³-hybridized carbons (Fsp3) is 0.923. The van der Waals surface area contributed by atoms with Crippen molar-refractivity contribution >= 4 is 5.91 Å². The topological polar surface area (TPSA) is 49.6 Å². The first-order chi connectivity index (χ1) is 7.80. The lowest BCUT2D eigenvalue weighted by Crippen LogP contribution is -2.59. The Balaban J connectivity index is 2.59. The van der Waals surface area contributed by atoms with Gasteiger partial charge in [-0.2, -0.15) is 0 Å². The Bertz CT molecular complexity index is 272. The molecular weight excluding hydrogens is 214 g/mol. The molecule has 0 spiro atoms. The molecule has 4 nitrogen and oxygen atoms in total. The Kier molecular flexibility index (Phi) is 4.55. The second kappa shape index (κ2) is 5.36. The summed E-state index contributed by atoms with van der Waals surface area (Å²) in [7, 11) is 6.06. The lowest BCUT2D eigenvalue weighted by atomic mass is 9.75. The summed E-state index contributed by atoms with van der Waals surface area (Å²) >= 11 is 0. The van der Waals surface area contributed by atoms with Crippen LogP contribution in [0.5, 0.6) is 0 Å². The van der Waals surface area contributed by atoms with Crippen LogP contribution in [0.2, 0.25) is 0 Å². The predicted octanol–water partition coefficient (Wildman–Crippen LogP) is 0.912. The van der Waals surface area contributed by atoms with Crippen molar-refractivity contribution in [2.45, 2.75) is 44.7 Å². The molecule has 0 heterocycles. The highest BCUT2D eigenvalue weighted by Gasteiger charge is 2.41. The van der Waals surface area contributed by atoms with Crippen LogP contribution in [0.25, 0.3) is 0 Å². The average Bonchev–Trinajstić information content (AvgIpc) is 2.20. The maximum Gasteiger partial charge on any atom is 0.239 e. The molecule has 1 aliphatic rings. The molecule has 1 aliphatic carbocycles. The molecule has 1 saturated carbocycles. The van der Waals surface area contributed by atoms with Gasteiger partial charge in [-0.3, -0.25) is 4.79 Å². The second-order valence-corrected chi connectivity index (χ2v) is 5.94. The van der Waals surface area contributed by atoms with Crippen molar-refractivity contribution < 1.29 is 4.79 Å². The Morgan fingerprint density at radius 2 is 1.82 bits per heavy atom. The van der Waals surface area contributed by atoms with Gasteiger partial charge in [-0.05, 0) is 39.3 Å². The fourth-order valence-electron chi connectivity index (χ4n) is 2.39. The molecule has 0 saturated heterocycles. The van der Waals surface area contributed by atoms with Gasteiger partial charge in [-0.15, -0.1) is 0 Å². The number of carbonyl (C=O) groups is 1. The Labute approximate surface area is 105 Å². The maximum absolute atomic E-state index is 12.1. The van der Waals surface area contributed by atoms with Crippen LogP contribution in [0.3, 0.4) is 0 Å². The summed E-state index contributed by atoms with van der Waals surface area (Å²) in [6.45, 7) is 4.77. The highest BCUT2D eigenvalue weighted by atomic mass is 16.2. The van der Waals surface area contributed by atoms with E-state index in [1.165, 1.54) is 19.3 Å². The van der Waals surface area contributed by atoms with Crippen LogP contribution in [0.15, 0.2) is 0 Å². The molecule has 0 aromatic rings. The summed E-state index contributed by atoms with van der Waals surface area (Å²) in [6.07, 6.45) is 3.61. The molecule has 100 valence electrons. The number of amides is 1. The molecule has 0 aromatic carbocycles. The minimum Gasteiger partial charge on any atom is -0.343 e. The molecular formula is C13H27N3O. The van der Waals surface area contributed by atoms with Crippen molar-refractivity contribution in [2.24, 2.45) is 11.7 Å². The number of carbonyl (C=O) groups excluding carboxylic acids is 1. The lowest BCUT2D eigenvalue weighted by molar-refractivity contribution is -0.135. The van der Waals surface area contributed by atoms with Gasteiger partial charge < -0.3 is 15.5 Å². The number of nitrogens with zero attached hydrogens (tertiary/aromatic N) is 2. The number of hydrogen-bond donors (Lipinski definition) is 1. The smallest absolute Gasteiger partial charge is 0.239 e. The Morgan fingerprint density at radius 3 is 2.12 bits per heavy atom.